The summed E-state index contributed by atoms with van der Waals surface area (Å²) in [7, 11) is 9.31. The smallest absolute Gasteiger partial charge is 0.131 e. The van der Waals surface area contributed by atoms with Crippen molar-refractivity contribution < 1.29 is 28.4 Å². The third kappa shape index (κ3) is 5.46. The Morgan fingerprint density at radius 2 is 0.733 bits per heavy atom. The standard InChI is InChI=1S/C20H28N2O6.2ClH/c1-23-11-7-13(25-3)17(14(8-11)26-4)19(21)20(22)18-15(27-5)9-12(24-2)10-16(18)28-6;;/h7-10,19-20H,21-22H2,1-6H3;2*1H. The maximum absolute atomic E-state index is 6.56. The van der Waals surface area contributed by atoms with Crippen LogP contribution in [0.4, 0.5) is 0 Å². The van der Waals surface area contributed by atoms with Gasteiger partial charge in [0.25, 0.3) is 0 Å². The summed E-state index contributed by atoms with van der Waals surface area (Å²) in [4.78, 5) is 0. The van der Waals surface area contributed by atoms with E-state index in [1.807, 2.05) is 0 Å². The molecular weight excluding hydrogens is 435 g/mol. The number of halogens is 2. The van der Waals surface area contributed by atoms with Crippen LogP contribution in [0, 0.1) is 0 Å². The van der Waals surface area contributed by atoms with Crippen LogP contribution in [-0.4, -0.2) is 42.7 Å². The van der Waals surface area contributed by atoms with Gasteiger partial charge in [-0.25, -0.2) is 0 Å². The average molecular weight is 465 g/mol. The number of benzene rings is 2. The van der Waals surface area contributed by atoms with E-state index in [1.54, 1.807) is 66.9 Å². The van der Waals surface area contributed by atoms with Gasteiger partial charge in [0.05, 0.1) is 65.9 Å². The molecule has 2 aromatic carbocycles. The molecule has 0 spiro atoms. The Morgan fingerprint density at radius 1 is 0.500 bits per heavy atom. The van der Waals surface area contributed by atoms with E-state index in [2.05, 4.69) is 0 Å². The summed E-state index contributed by atoms with van der Waals surface area (Å²) in [6.07, 6.45) is 0. The van der Waals surface area contributed by atoms with Gasteiger partial charge in [0.2, 0.25) is 0 Å². The van der Waals surface area contributed by atoms with Gasteiger partial charge in [0.1, 0.15) is 34.5 Å². The van der Waals surface area contributed by atoms with E-state index < -0.39 is 12.1 Å². The second-order valence-electron chi connectivity index (χ2n) is 5.94. The van der Waals surface area contributed by atoms with E-state index in [-0.39, 0.29) is 24.8 Å². The Bertz CT molecular complexity index is 704. The van der Waals surface area contributed by atoms with E-state index in [0.29, 0.717) is 45.6 Å². The van der Waals surface area contributed by atoms with Crippen molar-refractivity contribution in [3.05, 3.63) is 35.4 Å². The number of hydrogen-bond donors (Lipinski definition) is 2. The summed E-state index contributed by atoms with van der Waals surface area (Å²) in [5.41, 5.74) is 14.3. The maximum atomic E-state index is 6.56. The van der Waals surface area contributed by atoms with Crippen LogP contribution < -0.4 is 39.9 Å². The number of ether oxygens (including phenoxy) is 6. The molecule has 0 aliphatic heterocycles. The van der Waals surface area contributed by atoms with Gasteiger partial charge in [-0.2, -0.15) is 0 Å². The Kier molecular flexibility index (Phi) is 11.5. The zero-order valence-electron chi connectivity index (χ0n) is 17.9. The first-order valence-corrected chi connectivity index (χ1v) is 8.56. The quantitative estimate of drug-likeness (QED) is 0.581. The van der Waals surface area contributed by atoms with Crippen LogP contribution >= 0.6 is 24.8 Å². The monoisotopic (exact) mass is 464 g/mol. The van der Waals surface area contributed by atoms with Gasteiger partial charge in [-0.3, -0.25) is 0 Å². The average Bonchev–Trinajstić information content (AvgIpc) is 2.75. The Balaban J connectivity index is 0.00000420. The molecule has 0 saturated carbocycles. The number of hydrogen-bond acceptors (Lipinski definition) is 8. The zero-order chi connectivity index (χ0) is 20.8. The third-order valence-corrected chi connectivity index (χ3v) is 4.56. The molecule has 2 aromatic rings. The van der Waals surface area contributed by atoms with E-state index in [0.717, 1.165) is 0 Å². The van der Waals surface area contributed by atoms with E-state index >= 15 is 0 Å². The number of methoxy groups -OCH3 is 6. The van der Waals surface area contributed by atoms with E-state index in [1.165, 1.54) is 0 Å². The minimum atomic E-state index is -0.688. The summed E-state index contributed by atoms with van der Waals surface area (Å²) >= 11 is 0. The first-order valence-electron chi connectivity index (χ1n) is 8.56. The number of nitrogens with two attached hydrogens (primary N) is 2. The summed E-state index contributed by atoms with van der Waals surface area (Å²) < 4.78 is 32.6. The Labute approximate surface area is 189 Å². The summed E-state index contributed by atoms with van der Waals surface area (Å²) in [6, 6.07) is 5.54. The second kappa shape index (κ2) is 12.4. The molecule has 4 N–H and O–H groups in total. The van der Waals surface area contributed by atoms with Crippen LogP contribution in [0.15, 0.2) is 24.3 Å². The van der Waals surface area contributed by atoms with Crippen molar-refractivity contribution >= 4 is 24.8 Å². The summed E-state index contributed by atoms with van der Waals surface area (Å²) in [5.74, 6) is 3.18. The molecule has 0 aliphatic carbocycles. The molecule has 0 bridgehead atoms. The fourth-order valence-electron chi connectivity index (χ4n) is 3.08. The predicted octanol–water partition coefficient (Wildman–Crippen LogP) is 3.28. The minimum Gasteiger partial charge on any atom is -0.496 e. The molecule has 2 unspecified atom stereocenters. The first-order chi connectivity index (χ1) is 13.4. The van der Waals surface area contributed by atoms with Gasteiger partial charge in [-0.15, -0.1) is 24.8 Å². The highest BCUT2D eigenvalue weighted by atomic mass is 35.5. The highest BCUT2D eigenvalue weighted by Gasteiger charge is 2.30. The molecule has 0 saturated heterocycles. The van der Waals surface area contributed by atoms with Crippen LogP contribution in [0.2, 0.25) is 0 Å². The van der Waals surface area contributed by atoms with Crippen LogP contribution in [-0.2, 0) is 0 Å². The fraction of sp³-hybridized carbons (Fsp3) is 0.400. The van der Waals surface area contributed by atoms with Crippen molar-refractivity contribution in [2.75, 3.05) is 42.7 Å². The van der Waals surface area contributed by atoms with Crippen LogP contribution in [0.5, 0.6) is 34.5 Å². The highest BCUT2D eigenvalue weighted by Crippen LogP contribution is 2.45. The summed E-state index contributed by atoms with van der Waals surface area (Å²) in [5, 5.41) is 0. The molecule has 30 heavy (non-hydrogen) atoms. The van der Waals surface area contributed by atoms with Gasteiger partial charge in [-0.05, 0) is 0 Å². The minimum absolute atomic E-state index is 0. The molecule has 2 atom stereocenters. The lowest BCUT2D eigenvalue weighted by molar-refractivity contribution is 0.347. The van der Waals surface area contributed by atoms with Gasteiger partial charge < -0.3 is 39.9 Å². The number of rotatable bonds is 9. The van der Waals surface area contributed by atoms with Crippen LogP contribution in [0.3, 0.4) is 0 Å². The topological polar surface area (TPSA) is 107 Å². The maximum Gasteiger partial charge on any atom is 0.131 e. The third-order valence-electron chi connectivity index (χ3n) is 4.56. The Hall–Kier alpha value is -2.26. The van der Waals surface area contributed by atoms with Gasteiger partial charge in [0, 0.05) is 24.3 Å². The van der Waals surface area contributed by atoms with Crippen molar-refractivity contribution in [2.24, 2.45) is 11.5 Å². The molecule has 0 fully saturated rings. The first kappa shape index (κ1) is 27.7. The van der Waals surface area contributed by atoms with Gasteiger partial charge in [0.15, 0.2) is 0 Å². The SMILES string of the molecule is COc1cc(OC)c(C(N)C(N)c2c(OC)cc(OC)cc2OC)c(OC)c1.Cl.Cl. The van der Waals surface area contributed by atoms with Gasteiger partial charge in [-0.1, -0.05) is 0 Å². The van der Waals surface area contributed by atoms with Crippen molar-refractivity contribution in [2.45, 2.75) is 12.1 Å². The second-order valence-corrected chi connectivity index (χ2v) is 5.94. The van der Waals surface area contributed by atoms with E-state index in [9.17, 15) is 0 Å². The highest BCUT2D eigenvalue weighted by molar-refractivity contribution is 5.85. The largest absolute Gasteiger partial charge is 0.496 e. The molecule has 0 aliphatic rings. The molecule has 0 amide bonds. The van der Waals surface area contributed by atoms with E-state index in [4.69, 9.17) is 39.9 Å². The fourth-order valence-corrected chi connectivity index (χ4v) is 3.08. The van der Waals surface area contributed by atoms with Gasteiger partial charge >= 0.3 is 0 Å². The van der Waals surface area contributed by atoms with Crippen molar-refractivity contribution in [3.8, 4) is 34.5 Å². The molecule has 0 radical (unpaired) electrons. The van der Waals surface area contributed by atoms with Crippen molar-refractivity contribution in [3.63, 3.8) is 0 Å². The zero-order valence-corrected chi connectivity index (χ0v) is 19.5. The molecule has 8 nitrogen and oxygen atoms in total. The van der Waals surface area contributed by atoms with Crippen LogP contribution in [0.1, 0.15) is 23.2 Å². The predicted molar refractivity (Wildman–Crippen MR) is 121 cm³/mol. The van der Waals surface area contributed by atoms with Crippen molar-refractivity contribution in [1.29, 1.82) is 0 Å². The normalized spacial score (nSPS) is 11.9. The molecule has 0 heterocycles. The molecule has 170 valence electrons. The molecular formula is C20H30Cl2N2O6. The lowest BCUT2D eigenvalue weighted by atomic mass is 9.92. The lowest BCUT2D eigenvalue weighted by Gasteiger charge is -2.27. The lowest BCUT2D eigenvalue weighted by Crippen LogP contribution is -2.28. The van der Waals surface area contributed by atoms with Crippen LogP contribution in [0.25, 0.3) is 0 Å². The molecule has 10 heteroatoms. The Morgan fingerprint density at radius 3 is 0.900 bits per heavy atom. The molecule has 2 rings (SSSR count). The van der Waals surface area contributed by atoms with Crippen molar-refractivity contribution in [1.82, 2.24) is 0 Å². The molecule has 0 aromatic heterocycles. The summed E-state index contributed by atoms with van der Waals surface area (Å²) in [6.45, 7) is 0.